The van der Waals surface area contributed by atoms with Gasteiger partial charge in [-0.25, -0.2) is 0 Å². The summed E-state index contributed by atoms with van der Waals surface area (Å²) in [7, 11) is 2.28. The fraction of sp³-hybridized carbons (Fsp3) is 1.00. The van der Waals surface area contributed by atoms with Gasteiger partial charge in [0.1, 0.15) is 0 Å². The molecule has 0 bridgehead atoms. The van der Waals surface area contributed by atoms with Crippen LogP contribution in [0.5, 0.6) is 0 Å². The van der Waals surface area contributed by atoms with E-state index in [1.807, 2.05) is 0 Å². The molecular formula is C14H28N2. The van der Waals surface area contributed by atoms with E-state index in [0.717, 1.165) is 17.9 Å². The van der Waals surface area contributed by atoms with Gasteiger partial charge in [-0.05, 0) is 45.1 Å². The van der Waals surface area contributed by atoms with Crippen molar-refractivity contribution in [1.29, 1.82) is 0 Å². The average Bonchev–Trinajstić information content (AvgIpc) is 2.78. The zero-order chi connectivity index (χ0) is 11.5. The Bertz CT molecular complexity index is 211. The molecule has 94 valence electrons. The van der Waals surface area contributed by atoms with Gasteiger partial charge < -0.3 is 10.2 Å². The predicted molar refractivity (Wildman–Crippen MR) is 69.6 cm³/mol. The first-order valence-electron chi connectivity index (χ1n) is 7.10. The molecule has 0 amide bonds. The predicted octanol–water partition coefficient (Wildman–Crippen LogP) is 2.49. The first-order valence-corrected chi connectivity index (χ1v) is 7.10. The van der Waals surface area contributed by atoms with Gasteiger partial charge in [-0.2, -0.15) is 0 Å². The molecule has 0 aliphatic heterocycles. The van der Waals surface area contributed by atoms with E-state index in [9.17, 15) is 0 Å². The molecule has 3 atom stereocenters. The van der Waals surface area contributed by atoms with Crippen LogP contribution in [0, 0.1) is 11.8 Å². The molecule has 0 radical (unpaired) electrons. The molecule has 0 spiro atoms. The summed E-state index contributed by atoms with van der Waals surface area (Å²) in [6, 6.07) is 1.50. The summed E-state index contributed by atoms with van der Waals surface area (Å²) in [4.78, 5) is 2.54. The minimum Gasteiger partial charge on any atom is -0.312 e. The number of likely N-dealkylation sites (N-methyl/N-ethyl adjacent to an activating group) is 1. The molecule has 2 aliphatic rings. The highest BCUT2D eigenvalue weighted by Gasteiger charge is 2.33. The quantitative estimate of drug-likeness (QED) is 0.746. The molecule has 2 rings (SSSR count). The maximum Gasteiger partial charge on any atom is 0.0189 e. The van der Waals surface area contributed by atoms with Crippen LogP contribution in [0.15, 0.2) is 0 Å². The summed E-state index contributed by atoms with van der Waals surface area (Å²) >= 11 is 0. The normalized spacial score (nSPS) is 32.2. The molecule has 2 heteroatoms. The van der Waals surface area contributed by atoms with Gasteiger partial charge in [0.15, 0.2) is 0 Å². The third kappa shape index (κ3) is 3.46. The topological polar surface area (TPSA) is 15.3 Å². The smallest absolute Gasteiger partial charge is 0.0189 e. The minimum absolute atomic E-state index is 0.688. The highest BCUT2D eigenvalue weighted by Crippen LogP contribution is 2.38. The second-order valence-corrected chi connectivity index (χ2v) is 6.15. The van der Waals surface area contributed by atoms with Crippen LogP contribution in [0.1, 0.15) is 46.0 Å². The van der Waals surface area contributed by atoms with Gasteiger partial charge in [0.2, 0.25) is 0 Å². The van der Waals surface area contributed by atoms with Crippen molar-refractivity contribution in [3.63, 3.8) is 0 Å². The van der Waals surface area contributed by atoms with E-state index in [1.165, 1.54) is 45.2 Å². The molecule has 2 fully saturated rings. The summed E-state index contributed by atoms with van der Waals surface area (Å²) in [5.74, 6) is 1.97. The fourth-order valence-electron chi connectivity index (χ4n) is 2.83. The van der Waals surface area contributed by atoms with Crippen molar-refractivity contribution in [3.8, 4) is 0 Å². The van der Waals surface area contributed by atoms with Gasteiger partial charge in [0, 0.05) is 25.2 Å². The highest BCUT2D eigenvalue weighted by atomic mass is 15.2. The van der Waals surface area contributed by atoms with Crippen molar-refractivity contribution < 1.29 is 0 Å². The number of nitrogens with zero attached hydrogens (tertiary/aromatic N) is 1. The zero-order valence-corrected chi connectivity index (χ0v) is 11.2. The molecule has 2 nitrogen and oxygen atoms in total. The van der Waals surface area contributed by atoms with E-state index >= 15 is 0 Å². The number of rotatable bonds is 6. The standard InChI is InChI=1S/C14H28N2/c1-11-8-13(11)10-16(3)12(2)9-15-14-6-4-5-7-14/h11-15H,4-10H2,1-3H3. The molecule has 0 heterocycles. The fourth-order valence-corrected chi connectivity index (χ4v) is 2.83. The molecule has 3 unspecified atom stereocenters. The lowest BCUT2D eigenvalue weighted by Crippen LogP contribution is -2.41. The largest absolute Gasteiger partial charge is 0.312 e. The lowest BCUT2D eigenvalue weighted by Gasteiger charge is -2.26. The maximum absolute atomic E-state index is 3.73. The van der Waals surface area contributed by atoms with Crippen LogP contribution in [0.25, 0.3) is 0 Å². The van der Waals surface area contributed by atoms with Crippen molar-refractivity contribution in [2.75, 3.05) is 20.1 Å². The Morgan fingerprint density at radius 1 is 1.31 bits per heavy atom. The first kappa shape index (κ1) is 12.4. The van der Waals surface area contributed by atoms with E-state index in [-0.39, 0.29) is 0 Å². The monoisotopic (exact) mass is 224 g/mol. The summed E-state index contributed by atoms with van der Waals surface area (Å²) in [5.41, 5.74) is 0. The molecule has 1 N–H and O–H groups in total. The van der Waals surface area contributed by atoms with E-state index in [1.54, 1.807) is 0 Å². The van der Waals surface area contributed by atoms with Crippen LogP contribution >= 0.6 is 0 Å². The zero-order valence-electron chi connectivity index (χ0n) is 11.2. The molecule has 0 aromatic rings. The second-order valence-electron chi connectivity index (χ2n) is 6.15. The van der Waals surface area contributed by atoms with Gasteiger partial charge in [-0.15, -0.1) is 0 Å². The van der Waals surface area contributed by atoms with Gasteiger partial charge in [-0.1, -0.05) is 19.8 Å². The first-order chi connectivity index (χ1) is 7.66. The number of hydrogen-bond acceptors (Lipinski definition) is 2. The van der Waals surface area contributed by atoms with Crippen LogP contribution < -0.4 is 5.32 Å². The Labute approximate surface area is 101 Å². The van der Waals surface area contributed by atoms with Crippen molar-refractivity contribution in [3.05, 3.63) is 0 Å². The lowest BCUT2D eigenvalue weighted by atomic mass is 10.2. The molecule has 2 aliphatic carbocycles. The molecular weight excluding hydrogens is 196 g/mol. The lowest BCUT2D eigenvalue weighted by molar-refractivity contribution is 0.233. The summed E-state index contributed by atoms with van der Waals surface area (Å²) in [6.07, 6.45) is 7.11. The highest BCUT2D eigenvalue weighted by molar-refractivity contribution is 4.86. The molecule has 0 saturated heterocycles. The van der Waals surface area contributed by atoms with Crippen molar-refractivity contribution in [1.82, 2.24) is 10.2 Å². The molecule has 0 aromatic carbocycles. The summed E-state index contributed by atoms with van der Waals surface area (Å²) < 4.78 is 0. The van der Waals surface area contributed by atoms with Gasteiger partial charge in [0.25, 0.3) is 0 Å². The van der Waals surface area contributed by atoms with E-state index < -0.39 is 0 Å². The van der Waals surface area contributed by atoms with E-state index in [0.29, 0.717) is 6.04 Å². The SMILES string of the molecule is CC1CC1CN(C)C(C)CNC1CCCC1. The Balaban J connectivity index is 1.60. The second kappa shape index (κ2) is 5.50. The summed E-state index contributed by atoms with van der Waals surface area (Å²) in [6.45, 7) is 7.20. The molecule has 2 saturated carbocycles. The average molecular weight is 224 g/mol. The minimum atomic E-state index is 0.688. The van der Waals surface area contributed by atoms with Crippen LogP contribution in [-0.2, 0) is 0 Å². The van der Waals surface area contributed by atoms with Gasteiger partial charge in [0.05, 0.1) is 0 Å². The third-order valence-electron chi connectivity index (χ3n) is 4.61. The summed E-state index contributed by atoms with van der Waals surface area (Å²) in [5, 5.41) is 3.73. The number of nitrogens with one attached hydrogen (secondary N) is 1. The Morgan fingerprint density at radius 2 is 1.94 bits per heavy atom. The molecule has 0 aromatic heterocycles. The van der Waals surface area contributed by atoms with Gasteiger partial charge >= 0.3 is 0 Å². The van der Waals surface area contributed by atoms with E-state index in [4.69, 9.17) is 0 Å². The van der Waals surface area contributed by atoms with Crippen LogP contribution in [0.2, 0.25) is 0 Å². The Morgan fingerprint density at radius 3 is 2.50 bits per heavy atom. The maximum atomic E-state index is 3.73. The van der Waals surface area contributed by atoms with Crippen LogP contribution in [0.4, 0.5) is 0 Å². The van der Waals surface area contributed by atoms with Crippen molar-refractivity contribution in [2.45, 2.75) is 58.0 Å². The van der Waals surface area contributed by atoms with Crippen molar-refractivity contribution in [2.24, 2.45) is 11.8 Å². The van der Waals surface area contributed by atoms with Crippen molar-refractivity contribution >= 4 is 0 Å². The van der Waals surface area contributed by atoms with Gasteiger partial charge in [-0.3, -0.25) is 0 Å². The number of hydrogen-bond donors (Lipinski definition) is 1. The van der Waals surface area contributed by atoms with Crippen LogP contribution in [-0.4, -0.2) is 37.1 Å². The molecule has 16 heavy (non-hydrogen) atoms. The Kier molecular flexibility index (Phi) is 4.26. The van der Waals surface area contributed by atoms with E-state index in [2.05, 4.69) is 31.1 Å². The Hall–Kier alpha value is -0.0800. The van der Waals surface area contributed by atoms with Crippen LogP contribution in [0.3, 0.4) is 0 Å². The third-order valence-corrected chi connectivity index (χ3v) is 4.61.